The van der Waals surface area contributed by atoms with Gasteiger partial charge >= 0.3 is 0 Å². The highest BCUT2D eigenvalue weighted by atomic mass is 35.5. The molecule has 0 aliphatic carbocycles. The van der Waals surface area contributed by atoms with Crippen molar-refractivity contribution in [1.82, 2.24) is 10.2 Å². The van der Waals surface area contributed by atoms with Crippen molar-refractivity contribution in [3.05, 3.63) is 58.8 Å². The fourth-order valence-corrected chi connectivity index (χ4v) is 4.05. The van der Waals surface area contributed by atoms with Crippen LogP contribution in [0.4, 0.5) is 0 Å². The molecule has 1 aromatic heterocycles. The molecule has 146 valence electrons. The second kappa shape index (κ2) is 9.22. The van der Waals surface area contributed by atoms with Gasteiger partial charge in [0.05, 0.1) is 24.5 Å². The van der Waals surface area contributed by atoms with Crippen molar-refractivity contribution in [2.24, 2.45) is 0 Å². The lowest BCUT2D eigenvalue weighted by Gasteiger charge is -2.11. The van der Waals surface area contributed by atoms with Crippen LogP contribution in [0, 0.1) is 0 Å². The molecule has 3 rings (SSSR count). The van der Waals surface area contributed by atoms with E-state index in [-0.39, 0.29) is 6.10 Å². The van der Waals surface area contributed by atoms with Gasteiger partial charge in [-0.25, -0.2) is 0 Å². The molecule has 0 fully saturated rings. The Morgan fingerprint density at radius 2 is 1.93 bits per heavy atom. The van der Waals surface area contributed by atoms with Crippen molar-refractivity contribution in [2.75, 3.05) is 7.11 Å². The van der Waals surface area contributed by atoms with Gasteiger partial charge in [0.15, 0.2) is 0 Å². The van der Waals surface area contributed by atoms with Crippen LogP contribution in [0.5, 0.6) is 5.75 Å². The summed E-state index contributed by atoms with van der Waals surface area (Å²) >= 11 is 7.93. The number of ether oxygens (including phenoxy) is 2. The summed E-state index contributed by atoms with van der Waals surface area (Å²) in [6.07, 6.45) is 4.62. The molecule has 28 heavy (non-hydrogen) atoms. The lowest BCUT2D eigenvalue weighted by Crippen LogP contribution is -2.05. The monoisotopic (exact) mass is 414 g/mol. The van der Waals surface area contributed by atoms with E-state index in [9.17, 15) is 0 Å². The Morgan fingerprint density at radius 1 is 1.14 bits per heavy atom. The zero-order valence-electron chi connectivity index (χ0n) is 16.4. The standard InChI is InChI=1S/C22H23ClN2O2S/c1-5-17-15(11-12-26-4)7-6-8-18(17)22-25-24-21(28-22)16-9-10-20(19(23)13-16)27-14(2)3/h6-14H,5H2,1-4H3. The first-order valence-corrected chi connectivity index (χ1v) is 10.3. The quantitative estimate of drug-likeness (QED) is 0.414. The average molecular weight is 415 g/mol. The molecule has 0 spiro atoms. The Hall–Kier alpha value is -2.37. The Kier molecular flexibility index (Phi) is 6.70. The molecule has 3 aromatic rings. The molecule has 0 radical (unpaired) electrons. The first-order chi connectivity index (χ1) is 13.5. The molecule has 0 N–H and O–H groups in total. The molecule has 0 saturated carbocycles. The third kappa shape index (κ3) is 4.54. The predicted octanol–water partition coefficient (Wildman–Crippen LogP) is 6.49. The van der Waals surface area contributed by atoms with Gasteiger partial charge in [0.2, 0.25) is 0 Å². The summed E-state index contributed by atoms with van der Waals surface area (Å²) in [4.78, 5) is 0. The maximum Gasteiger partial charge on any atom is 0.148 e. The van der Waals surface area contributed by atoms with E-state index in [1.807, 2.05) is 44.2 Å². The molecule has 2 aromatic carbocycles. The predicted molar refractivity (Wildman–Crippen MR) is 117 cm³/mol. The molecule has 0 bridgehead atoms. The van der Waals surface area contributed by atoms with Crippen LogP contribution in [-0.4, -0.2) is 23.4 Å². The van der Waals surface area contributed by atoms with Gasteiger partial charge in [-0.05, 0) is 55.7 Å². The Morgan fingerprint density at radius 3 is 2.61 bits per heavy atom. The van der Waals surface area contributed by atoms with E-state index in [4.69, 9.17) is 21.1 Å². The minimum atomic E-state index is 0.0726. The van der Waals surface area contributed by atoms with Gasteiger partial charge in [0.1, 0.15) is 15.8 Å². The lowest BCUT2D eigenvalue weighted by molar-refractivity contribution is 0.242. The van der Waals surface area contributed by atoms with E-state index < -0.39 is 0 Å². The fraction of sp³-hybridized carbons (Fsp3) is 0.273. The summed E-state index contributed by atoms with van der Waals surface area (Å²) in [5, 5.41) is 11.1. The molecule has 0 aliphatic heterocycles. The van der Waals surface area contributed by atoms with E-state index >= 15 is 0 Å². The second-order valence-corrected chi connectivity index (χ2v) is 7.87. The number of halogens is 1. The van der Waals surface area contributed by atoms with Crippen molar-refractivity contribution in [3.8, 4) is 26.9 Å². The third-order valence-corrected chi connectivity index (χ3v) is 5.45. The fourth-order valence-electron chi connectivity index (χ4n) is 2.93. The molecule has 0 aliphatic rings. The molecule has 0 amide bonds. The minimum absolute atomic E-state index is 0.0726. The molecule has 6 heteroatoms. The maximum atomic E-state index is 6.38. The molecule has 4 nitrogen and oxygen atoms in total. The normalized spacial score (nSPS) is 11.4. The summed E-state index contributed by atoms with van der Waals surface area (Å²) in [5.41, 5.74) is 4.36. The Labute approximate surface area is 174 Å². The van der Waals surface area contributed by atoms with Crippen LogP contribution >= 0.6 is 22.9 Å². The maximum absolute atomic E-state index is 6.38. The number of rotatable bonds is 7. The Bertz CT molecular complexity index is 982. The van der Waals surface area contributed by atoms with E-state index in [2.05, 4.69) is 29.3 Å². The number of aromatic nitrogens is 2. The number of nitrogens with zero attached hydrogens (tertiary/aromatic N) is 2. The van der Waals surface area contributed by atoms with Crippen molar-refractivity contribution >= 4 is 29.0 Å². The molecule has 1 heterocycles. The summed E-state index contributed by atoms with van der Waals surface area (Å²) in [6.45, 7) is 6.09. The molecular weight excluding hydrogens is 392 g/mol. The molecule has 0 unspecified atom stereocenters. The Balaban J connectivity index is 1.95. The number of hydrogen-bond acceptors (Lipinski definition) is 5. The number of hydrogen-bond donors (Lipinski definition) is 0. The highest BCUT2D eigenvalue weighted by Gasteiger charge is 2.14. The highest BCUT2D eigenvalue weighted by molar-refractivity contribution is 7.17. The molecular formula is C22H23ClN2O2S. The summed E-state index contributed by atoms with van der Waals surface area (Å²) < 4.78 is 10.8. The van der Waals surface area contributed by atoms with Crippen LogP contribution in [-0.2, 0) is 11.2 Å². The second-order valence-electron chi connectivity index (χ2n) is 6.49. The zero-order valence-corrected chi connectivity index (χ0v) is 18.0. The van der Waals surface area contributed by atoms with Gasteiger partial charge in [-0.1, -0.05) is 48.1 Å². The van der Waals surface area contributed by atoms with Gasteiger partial charge in [0.25, 0.3) is 0 Å². The van der Waals surface area contributed by atoms with Crippen molar-refractivity contribution in [2.45, 2.75) is 33.3 Å². The van der Waals surface area contributed by atoms with Gasteiger partial charge in [-0.3, -0.25) is 0 Å². The van der Waals surface area contributed by atoms with Crippen LogP contribution in [0.2, 0.25) is 5.02 Å². The van der Waals surface area contributed by atoms with Gasteiger partial charge < -0.3 is 9.47 Å². The van der Waals surface area contributed by atoms with E-state index in [0.29, 0.717) is 10.8 Å². The number of benzene rings is 2. The summed E-state index contributed by atoms with van der Waals surface area (Å²) in [7, 11) is 1.64. The van der Waals surface area contributed by atoms with E-state index in [1.54, 1.807) is 24.7 Å². The van der Waals surface area contributed by atoms with Crippen molar-refractivity contribution in [3.63, 3.8) is 0 Å². The molecule has 0 saturated heterocycles. The topological polar surface area (TPSA) is 44.2 Å². The smallest absolute Gasteiger partial charge is 0.148 e. The van der Waals surface area contributed by atoms with E-state index in [1.165, 1.54) is 5.56 Å². The van der Waals surface area contributed by atoms with Crippen LogP contribution in [0.3, 0.4) is 0 Å². The van der Waals surface area contributed by atoms with E-state index in [0.717, 1.165) is 33.1 Å². The van der Waals surface area contributed by atoms with Crippen LogP contribution in [0.25, 0.3) is 27.2 Å². The first-order valence-electron chi connectivity index (χ1n) is 9.15. The van der Waals surface area contributed by atoms with Gasteiger partial charge in [-0.2, -0.15) is 0 Å². The molecule has 0 atom stereocenters. The van der Waals surface area contributed by atoms with Crippen LogP contribution < -0.4 is 4.74 Å². The van der Waals surface area contributed by atoms with Gasteiger partial charge in [-0.15, -0.1) is 10.2 Å². The van der Waals surface area contributed by atoms with Gasteiger partial charge in [0, 0.05) is 11.1 Å². The SMILES string of the molecule is CCc1c(C=COC)cccc1-c1nnc(-c2ccc(OC(C)C)c(Cl)c2)s1. The minimum Gasteiger partial charge on any atom is -0.504 e. The van der Waals surface area contributed by atoms with Crippen molar-refractivity contribution < 1.29 is 9.47 Å². The summed E-state index contributed by atoms with van der Waals surface area (Å²) in [6, 6.07) is 11.9. The summed E-state index contributed by atoms with van der Waals surface area (Å²) in [5.74, 6) is 0.677. The largest absolute Gasteiger partial charge is 0.504 e. The number of methoxy groups -OCH3 is 1. The van der Waals surface area contributed by atoms with Crippen LogP contribution in [0.1, 0.15) is 31.9 Å². The highest BCUT2D eigenvalue weighted by Crippen LogP contribution is 2.36. The lowest BCUT2D eigenvalue weighted by atomic mass is 9.99. The van der Waals surface area contributed by atoms with Crippen molar-refractivity contribution in [1.29, 1.82) is 0 Å². The first kappa shape index (κ1) is 20.4. The van der Waals surface area contributed by atoms with Crippen LogP contribution in [0.15, 0.2) is 42.7 Å². The average Bonchev–Trinajstić information content (AvgIpc) is 3.17. The zero-order chi connectivity index (χ0) is 20.1. The third-order valence-electron chi connectivity index (χ3n) is 4.15.